The topological polar surface area (TPSA) is 119 Å². The number of carbonyl (C=O) groups excluding carboxylic acids is 2. The molecule has 0 bridgehead atoms. The number of likely N-dealkylation sites (tertiary alicyclic amines) is 1. The van der Waals surface area contributed by atoms with Crippen molar-refractivity contribution in [2.75, 3.05) is 20.3 Å². The summed E-state index contributed by atoms with van der Waals surface area (Å²) >= 11 is 0. The average molecular weight is 454 g/mol. The van der Waals surface area contributed by atoms with Gasteiger partial charge in [-0.3, -0.25) is 19.7 Å². The van der Waals surface area contributed by atoms with E-state index in [1.165, 1.54) is 36.3 Å². The maximum absolute atomic E-state index is 13.1. The Morgan fingerprint density at radius 3 is 2.58 bits per heavy atom. The Hall–Kier alpha value is -3.72. The fourth-order valence-corrected chi connectivity index (χ4v) is 3.80. The van der Waals surface area contributed by atoms with Gasteiger partial charge in [-0.15, -0.1) is 0 Å². The van der Waals surface area contributed by atoms with Crippen molar-refractivity contribution in [3.63, 3.8) is 0 Å². The van der Waals surface area contributed by atoms with Gasteiger partial charge in [-0.05, 0) is 26.3 Å². The Morgan fingerprint density at radius 2 is 1.91 bits per heavy atom. The third kappa shape index (κ3) is 5.04. The van der Waals surface area contributed by atoms with Gasteiger partial charge in [-0.2, -0.15) is 0 Å². The van der Waals surface area contributed by atoms with Crippen molar-refractivity contribution in [3.8, 4) is 5.75 Å². The number of nitro benzene ring substituents is 1. The molecule has 1 saturated heterocycles. The number of hydrogen-bond acceptors (Lipinski definition) is 7. The zero-order chi connectivity index (χ0) is 24.1. The van der Waals surface area contributed by atoms with E-state index in [2.05, 4.69) is 0 Å². The fourth-order valence-electron chi connectivity index (χ4n) is 3.80. The Bertz CT molecular complexity index is 1090. The zero-order valence-corrected chi connectivity index (χ0v) is 18.7. The maximum Gasteiger partial charge on any atom is 0.295 e. The second-order valence-electron chi connectivity index (χ2n) is 7.81. The lowest BCUT2D eigenvalue weighted by molar-refractivity contribution is -0.384. The molecule has 9 nitrogen and oxygen atoms in total. The SMILES string of the molecule is COc1ccccc1C1/C(=C(\O)c2cccc([N+](=O)[O-])c2)C(=O)C(=O)N1CCCOC(C)C. The van der Waals surface area contributed by atoms with Gasteiger partial charge in [0.2, 0.25) is 0 Å². The van der Waals surface area contributed by atoms with Gasteiger partial charge in [0.15, 0.2) is 0 Å². The van der Waals surface area contributed by atoms with E-state index in [4.69, 9.17) is 9.47 Å². The molecule has 174 valence electrons. The van der Waals surface area contributed by atoms with Crippen LogP contribution in [-0.2, 0) is 14.3 Å². The lowest BCUT2D eigenvalue weighted by Gasteiger charge is -2.26. The van der Waals surface area contributed by atoms with Crippen molar-refractivity contribution in [3.05, 3.63) is 75.3 Å². The molecule has 2 aromatic rings. The van der Waals surface area contributed by atoms with Gasteiger partial charge in [-0.25, -0.2) is 0 Å². The van der Waals surface area contributed by atoms with Crippen LogP contribution in [0.5, 0.6) is 5.75 Å². The molecule has 0 aliphatic carbocycles. The van der Waals surface area contributed by atoms with Gasteiger partial charge in [-0.1, -0.05) is 30.3 Å². The van der Waals surface area contributed by atoms with Crippen LogP contribution in [0.1, 0.15) is 37.4 Å². The molecular formula is C24H26N2O7. The number of amides is 1. The summed E-state index contributed by atoms with van der Waals surface area (Å²) in [6.07, 6.45) is 0.507. The molecule has 3 rings (SSSR count). The first-order valence-electron chi connectivity index (χ1n) is 10.5. The van der Waals surface area contributed by atoms with Crippen LogP contribution >= 0.6 is 0 Å². The van der Waals surface area contributed by atoms with Crippen LogP contribution in [0.2, 0.25) is 0 Å². The number of nitro groups is 1. The normalized spacial score (nSPS) is 17.6. The van der Waals surface area contributed by atoms with E-state index >= 15 is 0 Å². The third-order valence-corrected chi connectivity index (χ3v) is 5.30. The molecule has 1 unspecified atom stereocenters. The number of Topliss-reactive ketones (excluding diaryl/α,β-unsaturated/α-hetero) is 1. The van der Waals surface area contributed by atoms with Crippen LogP contribution in [-0.4, -0.2) is 53.0 Å². The summed E-state index contributed by atoms with van der Waals surface area (Å²) in [6.45, 7) is 4.41. The lowest BCUT2D eigenvalue weighted by Crippen LogP contribution is -2.31. The van der Waals surface area contributed by atoms with Crippen LogP contribution in [0.15, 0.2) is 54.1 Å². The van der Waals surface area contributed by atoms with Crippen LogP contribution in [0.4, 0.5) is 5.69 Å². The van der Waals surface area contributed by atoms with Crippen molar-refractivity contribution >= 4 is 23.1 Å². The largest absolute Gasteiger partial charge is 0.507 e. The van der Waals surface area contributed by atoms with Gasteiger partial charge in [0.25, 0.3) is 17.4 Å². The number of para-hydroxylation sites is 1. The monoisotopic (exact) mass is 454 g/mol. The molecular weight excluding hydrogens is 428 g/mol. The number of hydrogen-bond donors (Lipinski definition) is 1. The highest BCUT2D eigenvalue weighted by Gasteiger charge is 2.46. The van der Waals surface area contributed by atoms with Gasteiger partial charge in [0, 0.05) is 36.4 Å². The summed E-state index contributed by atoms with van der Waals surface area (Å²) in [5.41, 5.74) is 0.212. The number of rotatable bonds is 9. The van der Waals surface area contributed by atoms with Gasteiger partial charge in [0.05, 0.1) is 29.8 Å². The van der Waals surface area contributed by atoms with E-state index in [9.17, 15) is 24.8 Å². The van der Waals surface area contributed by atoms with Crippen molar-refractivity contribution in [2.45, 2.75) is 32.4 Å². The number of carbonyl (C=O) groups is 2. The van der Waals surface area contributed by atoms with Crippen molar-refractivity contribution in [1.29, 1.82) is 0 Å². The standard InChI is InChI=1S/C24H26N2O7/c1-15(2)33-13-7-12-25-21(18-10-4-5-11-19(18)32-3)20(23(28)24(25)29)22(27)16-8-6-9-17(14-16)26(30)31/h4-6,8-11,14-15,21,27H,7,12-13H2,1-3H3/b22-20+. The molecule has 0 spiro atoms. The highest BCUT2D eigenvalue weighted by Crippen LogP contribution is 2.42. The summed E-state index contributed by atoms with van der Waals surface area (Å²) in [4.78, 5) is 38.0. The molecule has 2 aromatic carbocycles. The summed E-state index contributed by atoms with van der Waals surface area (Å²) in [5.74, 6) is -1.66. The predicted molar refractivity (Wildman–Crippen MR) is 121 cm³/mol. The highest BCUT2D eigenvalue weighted by molar-refractivity contribution is 6.46. The smallest absolute Gasteiger partial charge is 0.295 e. The Labute approximate surface area is 191 Å². The molecule has 1 heterocycles. The van der Waals surface area contributed by atoms with Crippen LogP contribution in [0.3, 0.4) is 0 Å². The zero-order valence-electron chi connectivity index (χ0n) is 18.7. The summed E-state index contributed by atoms with van der Waals surface area (Å²) in [5, 5.41) is 22.2. The molecule has 1 atom stereocenters. The first-order chi connectivity index (χ1) is 15.8. The van der Waals surface area contributed by atoms with Gasteiger partial charge in [0.1, 0.15) is 11.5 Å². The van der Waals surface area contributed by atoms with E-state index < -0.39 is 28.4 Å². The van der Waals surface area contributed by atoms with E-state index in [-0.39, 0.29) is 29.5 Å². The molecule has 0 radical (unpaired) electrons. The molecule has 1 aliphatic rings. The Kier molecular flexibility index (Phi) is 7.44. The van der Waals surface area contributed by atoms with E-state index in [0.717, 1.165) is 0 Å². The number of methoxy groups -OCH3 is 1. The first-order valence-corrected chi connectivity index (χ1v) is 10.5. The van der Waals surface area contributed by atoms with Crippen LogP contribution < -0.4 is 4.74 Å². The van der Waals surface area contributed by atoms with E-state index in [0.29, 0.717) is 24.3 Å². The molecule has 0 saturated carbocycles. The second kappa shape index (κ2) is 10.3. The molecule has 1 amide bonds. The molecule has 0 aromatic heterocycles. The van der Waals surface area contributed by atoms with Gasteiger partial charge >= 0.3 is 0 Å². The molecule has 33 heavy (non-hydrogen) atoms. The summed E-state index contributed by atoms with van der Waals surface area (Å²) in [7, 11) is 1.47. The predicted octanol–water partition coefficient (Wildman–Crippen LogP) is 3.84. The minimum atomic E-state index is -0.917. The van der Waals surface area contributed by atoms with Gasteiger partial charge < -0.3 is 19.5 Å². The summed E-state index contributed by atoms with van der Waals surface area (Å²) < 4.78 is 11.0. The number of non-ortho nitro benzene ring substituents is 1. The fraction of sp³-hybridized carbons (Fsp3) is 0.333. The van der Waals surface area contributed by atoms with E-state index in [1.54, 1.807) is 24.3 Å². The average Bonchev–Trinajstić information content (AvgIpc) is 3.06. The lowest BCUT2D eigenvalue weighted by atomic mass is 9.94. The highest BCUT2D eigenvalue weighted by atomic mass is 16.6. The number of aliphatic hydroxyl groups excluding tert-OH is 1. The minimum Gasteiger partial charge on any atom is -0.507 e. The van der Waals surface area contributed by atoms with Crippen molar-refractivity contribution < 1.29 is 29.1 Å². The van der Waals surface area contributed by atoms with Crippen LogP contribution in [0.25, 0.3) is 5.76 Å². The number of ketones is 1. The second-order valence-corrected chi connectivity index (χ2v) is 7.81. The molecule has 1 fully saturated rings. The minimum absolute atomic E-state index is 0.0271. The first kappa shape index (κ1) is 23.9. The van der Waals surface area contributed by atoms with E-state index in [1.807, 2.05) is 13.8 Å². The third-order valence-electron chi connectivity index (χ3n) is 5.30. The van der Waals surface area contributed by atoms with Crippen molar-refractivity contribution in [2.24, 2.45) is 0 Å². The number of ether oxygens (including phenoxy) is 2. The molecule has 9 heteroatoms. The number of nitrogens with zero attached hydrogens (tertiary/aromatic N) is 2. The molecule has 1 aliphatic heterocycles. The Balaban J connectivity index is 2.11. The molecule has 1 N–H and O–H groups in total. The van der Waals surface area contributed by atoms with Crippen LogP contribution in [0, 0.1) is 10.1 Å². The number of aliphatic hydroxyl groups is 1. The number of benzene rings is 2. The Morgan fingerprint density at radius 1 is 1.18 bits per heavy atom. The quantitative estimate of drug-likeness (QED) is 0.153. The van der Waals surface area contributed by atoms with Crippen molar-refractivity contribution in [1.82, 2.24) is 4.90 Å². The summed E-state index contributed by atoms with van der Waals surface area (Å²) in [6, 6.07) is 11.3. The maximum atomic E-state index is 13.1.